The summed E-state index contributed by atoms with van der Waals surface area (Å²) in [6, 6.07) is 18.6. The number of carbonyl (C=O) groups excluding carboxylic acids is 4. The Kier molecular flexibility index (Phi) is 18.8. The zero-order chi connectivity index (χ0) is 59.1. The van der Waals surface area contributed by atoms with Gasteiger partial charge in [-0.25, -0.2) is 55.0 Å². The molecule has 4 amide bonds. The van der Waals surface area contributed by atoms with E-state index in [-0.39, 0.29) is 66.6 Å². The van der Waals surface area contributed by atoms with E-state index in [0.29, 0.717) is 11.1 Å². The predicted octanol–water partition coefficient (Wildman–Crippen LogP) is 6.62. The second-order valence-corrected chi connectivity index (χ2v) is 24.1. The summed E-state index contributed by atoms with van der Waals surface area (Å²) in [4.78, 5) is 85.5. The first-order chi connectivity index (χ1) is 39.8. The molecular formula is C50H55FN14O15P2S. The number of alkyl halides is 1. The number of phosphoric ester groups is 1. The van der Waals surface area contributed by atoms with Crippen molar-refractivity contribution in [2.24, 2.45) is 0 Å². The average Bonchev–Trinajstić information content (AvgIpc) is 2.47. The highest BCUT2D eigenvalue weighted by Crippen LogP contribution is 2.58. The molecule has 0 saturated carbocycles. The number of nitrogens with zero attached hydrogens (tertiary/aromatic N) is 12. The number of hydrogen-bond acceptors (Lipinski definition) is 23. The van der Waals surface area contributed by atoms with E-state index in [1.165, 1.54) is 40.8 Å². The number of amides is 4. The lowest BCUT2D eigenvalue weighted by Gasteiger charge is -2.33. The van der Waals surface area contributed by atoms with Crippen molar-refractivity contribution in [3.8, 4) is 6.07 Å². The fourth-order valence-corrected chi connectivity index (χ4v) is 12.0. The fraction of sp³-hybridized carbons (Fsp3) is 0.440. The van der Waals surface area contributed by atoms with Crippen molar-refractivity contribution in [3.05, 3.63) is 109 Å². The van der Waals surface area contributed by atoms with Crippen molar-refractivity contribution in [1.29, 1.82) is 5.26 Å². The zero-order valence-electron chi connectivity index (χ0n) is 45.0. The average molecular weight is 1210 g/mol. The molecule has 3 saturated heterocycles. The van der Waals surface area contributed by atoms with E-state index in [2.05, 4.69) is 45.4 Å². The molecule has 3 fully saturated rings. The smallest absolute Gasteiger partial charge is 0.444 e. The number of aromatic nitrogens is 8. The van der Waals surface area contributed by atoms with Gasteiger partial charge in [0.1, 0.15) is 49.3 Å². The number of carbonyl (C=O) groups is 4. The number of likely N-dealkylation sites (N-methyl/N-ethyl adjacent to an activating group) is 2. The van der Waals surface area contributed by atoms with Crippen molar-refractivity contribution in [2.45, 2.75) is 81.9 Å². The van der Waals surface area contributed by atoms with Crippen molar-refractivity contribution in [2.75, 3.05) is 70.8 Å². The highest BCUT2D eigenvalue weighted by atomic mass is 32.5. The molecule has 29 nitrogen and oxygen atoms in total. The Morgan fingerprint density at radius 3 is 1.89 bits per heavy atom. The largest absolute Gasteiger partial charge is 0.475 e. The van der Waals surface area contributed by atoms with Gasteiger partial charge in [-0.15, -0.1) is 0 Å². The second kappa shape index (κ2) is 26.0. The van der Waals surface area contributed by atoms with Gasteiger partial charge in [-0.1, -0.05) is 36.4 Å². The van der Waals surface area contributed by atoms with Crippen LogP contribution in [0.2, 0.25) is 0 Å². The quantitative estimate of drug-likeness (QED) is 0.0584. The number of anilines is 2. The summed E-state index contributed by atoms with van der Waals surface area (Å²) in [5.74, 6) is -1.05. The van der Waals surface area contributed by atoms with Crippen LogP contribution in [0.5, 0.6) is 0 Å². The first kappa shape index (κ1) is 60.1. The van der Waals surface area contributed by atoms with E-state index < -0.39 is 113 Å². The molecule has 0 aliphatic carbocycles. The standard InChI is InChI=1S/C50H55FN14O15P2S/c1-50(2,3)78-49(69)63(6)21-20-62(5)48(68)77-39-38-33(76-47(39)65-29-59-36-41(55-27-57-43(36)65)61-45(67)31-16-11-8-12-17-31)24-73-81(70,71-23-19-53-4)79-37-32(25-74-82(83,80-38)72-22-13-18-52)75-46(34(37)51)64-28-58-35-40(54-26-56-42(35)64)60-44(66)30-14-9-7-10-15-30/h7-12,14-17,26-29,32-34,37-39,46-47H,13,19-25H2,1-3,5-6H3,(H,54,56,60,66)(H,55,57,61,67)/t32-,33-,34-,37-,38-,39-,46-,47-,81?,82?/m1/s1. The van der Waals surface area contributed by atoms with Crippen LogP contribution in [-0.2, 0) is 62.5 Å². The second-order valence-electron chi connectivity index (χ2n) is 19.6. The molecule has 0 spiro atoms. The normalized spacial score (nSPS) is 25.3. The van der Waals surface area contributed by atoms with Crippen LogP contribution in [-0.4, -0.2) is 175 Å². The molecule has 3 aliphatic rings. The first-order valence-corrected chi connectivity index (χ1v) is 29.5. The summed E-state index contributed by atoms with van der Waals surface area (Å²) in [5, 5.41) is 15.0. The summed E-state index contributed by atoms with van der Waals surface area (Å²) in [5.41, 5.74) is -0.0253. The van der Waals surface area contributed by atoms with Crippen LogP contribution in [0.3, 0.4) is 0 Å². The Balaban J connectivity index is 1.06. The van der Waals surface area contributed by atoms with Gasteiger partial charge in [0.25, 0.3) is 11.8 Å². The summed E-state index contributed by atoms with van der Waals surface area (Å²) in [6.07, 6.45) is -10.8. The molecule has 6 aromatic rings. The van der Waals surface area contributed by atoms with E-state index in [9.17, 15) is 24.4 Å². The van der Waals surface area contributed by atoms with Crippen LogP contribution < -0.4 is 10.6 Å². The Hall–Kier alpha value is -7.51. The molecule has 2 unspecified atom stereocenters. The summed E-state index contributed by atoms with van der Waals surface area (Å²) in [6.45, 7) is 5.31. The fourth-order valence-electron chi connectivity index (χ4n) is 8.55. The number of imidazole rings is 2. The van der Waals surface area contributed by atoms with Gasteiger partial charge in [-0.05, 0) is 56.8 Å². The van der Waals surface area contributed by atoms with Crippen LogP contribution in [0.25, 0.3) is 27.2 Å². The Morgan fingerprint density at radius 1 is 0.783 bits per heavy atom. The molecule has 0 bridgehead atoms. The summed E-state index contributed by atoms with van der Waals surface area (Å²) < 4.78 is 96.4. The molecule has 9 rings (SSSR count). The number of ether oxygens (including phenoxy) is 4. The Labute approximate surface area is 478 Å². The first-order valence-electron chi connectivity index (χ1n) is 25.5. The van der Waals surface area contributed by atoms with Crippen molar-refractivity contribution in [1.82, 2.24) is 48.8 Å². The molecule has 3 aliphatic heterocycles. The van der Waals surface area contributed by atoms with E-state index in [4.69, 9.17) is 64.5 Å². The highest BCUT2D eigenvalue weighted by Gasteiger charge is 2.56. The molecule has 33 heteroatoms. The van der Waals surface area contributed by atoms with Crippen LogP contribution in [0, 0.1) is 17.9 Å². The van der Waals surface area contributed by atoms with Crippen LogP contribution in [0.15, 0.2) is 86.0 Å². The van der Waals surface area contributed by atoms with Crippen LogP contribution in [0.1, 0.15) is 60.4 Å². The van der Waals surface area contributed by atoms with E-state index >= 15 is 8.96 Å². The van der Waals surface area contributed by atoms with Crippen molar-refractivity contribution >= 4 is 84.3 Å². The van der Waals surface area contributed by atoms with Gasteiger partial charge < -0.3 is 53.3 Å². The van der Waals surface area contributed by atoms with Gasteiger partial charge in [0, 0.05) is 38.3 Å². The predicted molar refractivity (Wildman–Crippen MR) is 291 cm³/mol. The lowest BCUT2D eigenvalue weighted by Crippen LogP contribution is -2.44. The molecule has 83 heavy (non-hydrogen) atoms. The van der Waals surface area contributed by atoms with Crippen molar-refractivity contribution < 1.29 is 74.2 Å². The van der Waals surface area contributed by atoms with Gasteiger partial charge >= 0.3 is 26.7 Å². The van der Waals surface area contributed by atoms with Gasteiger partial charge in [0.2, 0.25) is 6.54 Å². The molecule has 10 atom stereocenters. The minimum Gasteiger partial charge on any atom is -0.444 e. The summed E-state index contributed by atoms with van der Waals surface area (Å²) in [7, 11) is -2.17. The van der Waals surface area contributed by atoms with Crippen molar-refractivity contribution in [3.63, 3.8) is 0 Å². The topological polar surface area (TPSA) is 324 Å². The molecule has 4 aromatic heterocycles. The van der Waals surface area contributed by atoms with Crippen LogP contribution >= 0.6 is 14.5 Å². The maximum absolute atomic E-state index is 17.4. The lowest BCUT2D eigenvalue weighted by molar-refractivity contribution is -0.0664. The minimum absolute atomic E-state index is 0.00129. The van der Waals surface area contributed by atoms with E-state index in [1.54, 1.807) is 81.4 Å². The third-order valence-corrected chi connectivity index (χ3v) is 16.4. The SMILES string of the molecule is [C-]#[N+]CCOP1(=O)OC[C@H]2O[C@@H](n3cnc4c(NC(=O)c5ccccc5)ncnc43)[C@H](OC(=O)N(C)CCN(C)C(=O)OC(C)(C)C)[C@@H]2OP(=S)(OCCC#N)OC[C@H]2O[C@@H](n3cnc4c(NC(=O)c5ccccc5)ncnc43)[C@H](F)[C@@H]2O1. The molecule has 438 valence electrons. The Morgan fingerprint density at radius 2 is 1.33 bits per heavy atom. The number of nitriles is 1. The monoisotopic (exact) mass is 1200 g/mol. The third kappa shape index (κ3) is 14.1. The highest BCUT2D eigenvalue weighted by molar-refractivity contribution is 8.07. The maximum Gasteiger partial charge on any atom is 0.475 e. The van der Waals surface area contributed by atoms with Gasteiger partial charge in [0.05, 0.1) is 45.0 Å². The molecule has 2 N–H and O–H groups in total. The lowest BCUT2D eigenvalue weighted by atomic mass is 10.1. The van der Waals surface area contributed by atoms with E-state index in [1.807, 2.05) is 6.07 Å². The zero-order valence-corrected chi connectivity index (χ0v) is 47.6. The number of phosphoric acid groups is 1. The summed E-state index contributed by atoms with van der Waals surface area (Å²) >= 11 is 6.04. The number of nitrogens with one attached hydrogen (secondary N) is 2. The minimum atomic E-state index is -5.05. The number of halogens is 1. The molecule has 2 aromatic carbocycles. The van der Waals surface area contributed by atoms with Gasteiger partial charge in [0.15, 0.2) is 58.7 Å². The molecule has 0 radical (unpaired) electrons. The maximum atomic E-state index is 17.4. The van der Waals surface area contributed by atoms with E-state index in [0.717, 1.165) is 17.6 Å². The van der Waals surface area contributed by atoms with Crippen LogP contribution in [0.4, 0.5) is 25.6 Å². The third-order valence-electron chi connectivity index (χ3n) is 12.6. The number of fused-ring (bicyclic) bond motifs is 4. The Bertz CT molecular complexity index is 3520. The molecule has 7 heterocycles. The number of rotatable bonds is 16. The van der Waals surface area contributed by atoms with Gasteiger partial charge in [-0.2, -0.15) is 5.26 Å². The number of hydrogen-bond donors (Lipinski definition) is 2. The number of benzene rings is 2. The van der Waals surface area contributed by atoms with Gasteiger partial charge in [-0.3, -0.25) is 36.8 Å². The molecular weight excluding hydrogens is 1150 g/mol.